The Hall–Kier alpha value is -1.66. The van der Waals surface area contributed by atoms with Gasteiger partial charge in [0.25, 0.3) is 5.91 Å². The van der Waals surface area contributed by atoms with Gasteiger partial charge in [-0.1, -0.05) is 13.8 Å². The molecule has 118 valence electrons. The Morgan fingerprint density at radius 2 is 2.10 bits per heavy atom. The minimum absolute atomic E-state index is 0.149. The third kappa shape index (κ3) is 7.63. The lowest BCUT2D eigenvalue weighted by Gasteiger charge is -2.11. The Labute approximate surface area is 124 Å². The lowest BCUT2D eigenvalue weighted by atomic mass is 10.2. The molecule has 0 saturated carbocycles. The number of hydrogen-bond acceptors (Lipinski definition) is 4. The summed E-state index contributed by atoms with van der Waals surface area (Å²) in [5.41, 5.74) is 0.776. The van der Waals surface area contributed by atoms with Crippen molar-refractivity contribution in [2.24, 2.45) is 0 Å². The quantitative estimate of drug-likeness (QED) is 0.678. The highest BCUT2D eigenvalue weighted by Crippen LogP contribution is 2.16. The fraction of sp³-hybridized carbons (Fsp3) is 0.533. The number of carbonyl (C=O) groups is 1. The van der Waals surface area contributed by atoms with Gasteiger partial charge in [0.15, 0.2) is 6.61 Å². The summed E-state index contributed by atoms with van der Waals surface area (Å²) in [6.45, 7) is 5.29. The number of nitrogens with one attached hydrogen (secondary N) is 2. The van der Waals surface area contributed by atoms with Crippen LogP contribution in [0.2, 0.25) is 0 Å². The van der Waals surface area contributed by atoms with Crippen molar-refractivity contribution in [2.75, 3.05) is 26.9 Å². The first-order chi connectivity index (χ1) is 10.0. The number of methoxy groups -OCH3 is 1. The summed E-state index contributed by atoms with van der Waals surface area (Å²) < 4.78 is 23.6. The molecule has 1 rings (SSSR count). The van der Waals surface area contributed by atoms with Gasteiger partial charge < -0.3 is 20.1 Å². The number of ether oxygens (including phenoxy) is 2. The van der Waals surface area contributed by atoms with E-state index in [9.17, 15) is 9.18 Å². The highest BCUT2D eigenvalue weighted by Gasteiger charge is 2.06. The smallest absolute Gasteiger partial charge is 0.258 e. The summed E-state index contributed by atoms with van der Waals surface area (Å²) in [6.07, 6.45) is 0. The number of amides is 1. The van der Waals surface area contributed by atoms with Crippen LogP contribution in [-0.2, 0) is 16.1 Å². The zero-order valence-electron chi connectivity index (χ0n) is 12.7. The summed E-state index contributed by atoms with van der Waals surface area (Å²) in [4.78, 5) is 11.5. The molecule has 1 amide bonds. The predicted octanol–water partition coefficient (Wildman–Crippen LogP) is 1.47. The van der Waals surface area contributed by atoms with Crippen LogP contribution < -0.4 is 15.4 Å². The van der Waals surface area contributed by atoms with Crippen LogP contribution >= 0.6 is 0 Å². The van der Waals surface area contributed by atoms with Crippen LogP contribution in [0.25, 0.3) is 0 Å². The molecule has 21 heavy (non-hydrogen) atoms. The minimum Gasteiger partial charge on any atom is -0.484 e. The van der Waals surface area contributed by atoms with Gasteiger partial charge in [0.2, 0.25) is 0 Å². The van der Waals surface area contributed by atoms with E-state index in [4.69, 9.17) is 9.47 Å². The Balaban J connectivity index is 2.48. The maximum atomic E-state index is 13.5. The predicted molar refractivity (Wildman–Crippen MR) is 78.8 cm³/mol. The molecule has 5 nitrogen and oxygen atoms in total. The number of benzene rings is 1. The normalized spacial score (nSPS) is 10.7. The van der Waals surface area contributed by atoms with Crippen molar-refractivity contribution in [3.8, 4) is 5.75 Å². The second-order valence-corrected chi connectivity index (χ2v) is 4.96. The lowest BCUT2D eigenvalue weighted by molar-refractivity contribution is -0.123. The maximum absolute atomic E-state index is 13.5. The van der Waals surface area contributed by atoms with E-state index in [1.54, 1.807) is 13.2 Å². The van der Waals surface area contributed by atoms with Gasteiger partial charge in [-0.2, -0.15) is 0 Å². The van der Waals surface area contributed by atoms with E-state index in [0.717, 1.165) is 5.56 Å². The Bertz CT molecular complexity index is 453. The fourth-order valence-electron chi connectivity index (χ4n) is 1.62. The first kappa shape index (κ1) is 17.4. The SMILES string of the molecule is COCCNC(=O)COc1cc(F)cc(CNC(C)C)c1. The fourth-order valence-corrected chi connectivity index (χ4v) is 1.62. The number of rotatable bonds is 9. The van der Waals surface area contributed by atoms with Crippen molar-refractivity contribution in [1.29, 1.82) is 0 Å². The van der Waals surface area contributed by atoms with Crippen molar-refractivity contribution in [2.45, 2.75) is 26.4 Å². The summed E-state index contributed by atoms with van der Waals surface area (Å²) in [5.74, 6) is -0.302. The first-order valence-corrected chi connectivity index (χ1v) is 6.92. The Morgan fingerprint density at radius 3 is 2.76 bits per heavy atom. The van der Waals surface area contributed by atoms with Gasteiger partial charge in [-0.3, -0.25) is 4.79 Å². The largest absolute Gasteiger partial charge is 0.484 e. The highest BCUT2D eigenvalue weighted by atomic mass is 19.1. The Kier molecular flexibility index (Phi) is 7.71. The summed E-state index contributed by atoms with van der Waals surface area (Å²) in [5, 5.41) is 5.83. The van der Waals surface area contributed by atoms with E-state index in [2.05, 4.69) is 10.6 Å². The molecule has 0 unspecified atom stereocenters. The zero-order valence-corrected chi connectivity index (χ0v) is 12.7. The van der Waals surface area contributed by atoms with E-state index >= 15 is 0 Å². The van der Waals surface area contributed by atoms with Gasteiger partial charge in [-0.25, -0.2) is 4.39 Å². The molecule has 2 N–H and O–H groups in total. The highest BCUT2D eigenvalue weighted by molar-refractivity contribution is 5.77. The van der Waals surface area contributed by atoms with Crippen molar-refractivity contribution in [1.82, 2.24) is 10.6 Å². The number of halogens is 1. The molecule has 0 saturated heterocycles. The molecule has 0 spiro atoms. The molecule has 0 radical (unpaired) electrons. The molecule has 0 fully saturated rings. The van der Waals surface area contributed by atoms with Crippen LogP contribution in [0.15, 0.2) is 18.2 Å². The van der Waals surface area contributed by atoms with Crippen molar-refractivity contribution < 1.29 is 18.7 Å². The summed E-state index contributed by atoms with van der Waals surface area (Å²) in [7, 11) is 1.56. The maximum Gasteiger partial charge on any atom is 0.258 e. The average molecular weight is 298 g/mol. The monoisotopic (exact) mass is 298 g/mol. The zero-order chi connectivity index (χ0) is 15.7. The molecular weight excluding hydrogens is 275 g/mol. The lowest BCUT2D eigenvalue weighted by Crippen LogP contribution is -2.31. The second kappa shape index (κ2) is 9.31. The molecule has 0 heterocycles. The van der Waals surface area contributed by atoms with Gasteiger partial charge in [0.05, 0.1) is 6.61 Å². The van der Waals surface area contributed by atoms with Crippen LogP contribution in [0, 0.1) is 5.82 Å². The van der Waals surface area contributed by atoms with Gasteiger partial charge in [0, 0.05) is 32.3 Å². The summed E-state index contributed by atoms with van der Waals surface area (Å²) in [6, 6.07) is 4.74. The standard InChI is InChI=1S/C15H23FN2O3/c1-11(2)18-9-12-6-13(16)8-14(7-12)21-10-15(19)17-4-5-20-3/h6-8,11,18H,4-5,9-10H2,1-3H3,(H,17,19). The van der Waals surface area contributed by atoms with Gasteiger partial charge in [0.1, 0.15) is 11.6 Å². The van der Waals surface area contributed by atoms with E-state index < -0.39 is 0 Å². The molecule has 0 atom stereocenters. The van der Waals surface area contributed by atoms with Crippen LogP contribution in [0.1, 0.15) is 19.4 Å². The van der Waals surface area contributed by atoms with Crippen molar-refractivity contribution in [3.63, 3.8) is 0 Å². The van der Waals surface area contributed by atoms with Gasteiger partial charge >= 0.3 is 0 Å². The van der Waals surface area contributed by atoms with E-state index in [-0.39, 0.29) is 18.3 Å². The molecule has 1 aromatic rings. The number of hydrogen-bond donors (Lipinski definition) is 2. The molecule has 6 heteroatoms. The average Bonchev–Trinajstić information content (AvgIpc) is 2.43. The Morgan fingerprint density at radius 1 is 1.33 bits per heavy atom. The minimum atomic E-state index is -0.382. The summed E-state index contributed by atoms with van der Waals surface area (Å²) >= 11 is 0. The van der Waals surface area contributed by atoms with Crippen LogP contribution in [0.5, 0.6) is 5.75 Å². The third-order valence-corrected chi connectivity index (χ3v) is 2.64. The molecule has 0 aliphatic rings. The number of carbonyl (C=O) groups excluding carboxylic acids is 1. The van der Waals surface area contributed by atoms with Crippen molar-refractivity contribution in [3.05, 3.63) is 29.6 Å². The van der Waals surface area contributed by atoms with Crippen molar-refractivity contribution >= 4 is 5.91 Å². The molecule has 1 aromatic carbocycles. The van der Waals surface area contributed by atoms with E-state index in [1.165, 1.54) is 12.1 Å². The van der Waals surface area contributed by atoms with Gasteiger partial charge in [-0.05, 0) is 17.7 Å². The molecule has 0 aliphatic carbocycles. The molecule has 0 aliphatic heterocycles. The first-order valence-electron chi connectivity index (χ1n) is 6.92. The van der Waals surface area contributed by atoms with E-state index in [0.29, 0.717) is 31.5 Å². The molecular formula is C15H23FN2O3. The second-order valence-electron chi connectivity index (χ2n) is 4.96. The van der Waals surface area contributed by atoms with Crippen LogP contribution in [0.3, 0.4) is 0 Å². The van der Waals surface area contributed by atoms with Gasteiger partial charge in [-0.15, -0.1) is 0 Å². The third-order valence-electron chi connectivity index (χ3n) is 2.64. The topological polar surface area (TPSA) is 59.6 Å². The molecule has 0 aromatic heterocycles. The van der Waals surface area contributed by atoms with Crippen LogP contribution in [-0.4, -0.2) is 38.8 Å². The molecule has 0 bridgehead atoms. The van der Waals surface area contributed by atoms with Crippen LogP contribution in [0.4, 0.5) is 4.39 Å². The van der Waals surface area contributed by atoms with E-state index in [1.807, 2.05) is 13.8 Å².